The van der Waals surface area contributed by atoms with Crippen LogP contribution in [0, 0.1) is 56.7 Å². The summed E-state index contributed by atoms with van der Waals surface area (Å²) in [5.74, 6) is 2.61. The molecular formula is C46H79NO6. The van der Waals surface area contributed by atoms with E-state index < -0.39 is 17.8 Å². The zero-order valence-corrected chi connectivity index (χ0v) is 35.6. The first kappa shape index (κ1) is 39.5. The van der Waals surface area contributed by atoms with Gasteiger partial charge in [-0.25, -0.2) is 0 Å². The Morgan fingerprint density at radius 1 is 0.887 bits per heavy atom. The first-order valence-corrected chi connectivity index (χ1v) is 22.6. The summed E-state index contributed by atoms with van der Waals surface area (Å²) in [4.78, 5) is 2.72. The number of rotatable bonds is 8. The van der Waals surface area contributed by atoms with E-state index in [1.807, 2.05) is 20.8 Å². The summed E-state index contributed by atoms with van der Waals surface area (Å²) in [5, 5.41) is 23.8. The number of fused-ring (bicyclic) bond motifs is 4. The van der Waals surface area contributed by atoms with Crippen molar-refractivity contribution in [3.8, 4) is 0 Å². The molecule has 53 heavy (non-hydrogen) atoms. The van der Waals surface area contributed by atoms with E-state index in [9.17, 15) is 10.2 Å². The van der Waals surface area contributed by atoms with Gasteiger partial charge in [-0.3, -0.25) is 4.90 Å². The molecule has 8 rings (SSSR count). The van der Waals surface area contributed by atoms with Gasteiger partial charge in [0.15, 0.2) is 6.29 Å². The monoisotopic (exact) mass is 742 g/mol. The molecule has 0 aromatic rings. The Balaban J connectivity index is 0.989. The zero-order chi connectivity index (χ0) is 38.0. The van der Waals surface area contributed by atoms with Crippen LogP contribution in [-0.4, -0.2) is 89.4 Å². The van der Waals surface area contributed by atoms with Gasteiger partial charge >= 0.3 is 0 Å². The number of ether oxygens (including phenoxy) is 4. The highest BCUT2D eigenvalue weighted by molar-refractivity contribution is 5.33. The van der Waals surface area contributed by atoms with Crippen molar-refractivity contribution in [2.75, 3.05) is 26.3 Å². The van der Waals surface area contributed by atoms with Crippen molar-refractivity contribution >= 4 is 0 Å². The fourth-order valence-corrected chi connectivity index (χ4v) is 16.3. The summed E-state index contributed by atoms with van der Waals surface area (Å²) in [6.45, 7) is 26.3. The predicted molar refractivity (Wildman–Crippen MR) is 209 cm³/mol. The molecule has 0 aromatic heterocycles. The maximum atomic E-state index is 12.7. The van der Waals surface area contributed by atoms with Gasteiger partial charge in [-0.1, -0.05) is 60.3 Å². The number of aliphatic hydroxyl groups is 2. The van der Waals surface area contributed by atoms with Crippen LogP contribution < -0.4 is 0 Å². The topological polar surface area (TPSA) is 80.6 Å². The normalized spacial score (nSPS) is 49.5. The van der Waals surface area contributed by atoms with Crippen molar-refractivity contribution < 1.29 is 29.2 Å². The van der Waals surface area contributed by atoms with E-state index >= 15 is 0 Å². The van der Waals surface area contributed by atoms with Gasteiger partial charge in [0.2, 0.25) is 0 Å². The third-order valence-corrected chi connectivity index (χ3v) is 19.2. The predicted octanol–water partition coefficient (Wildman–Crippen LogP) is 8.77. The Hall–Kier alpha value is -0.280. The van der Waals surface area contributed by atoms with Gasteiger partial charge in [0.1, 0.15) is 6.10 Å². The molecule has 14 unspecified atom stereocenters. The third-order valence-electron chi connectivity index (χ3n) is 19.2. The molecule has 2 N–H and O–H groups in total. The Kier molecular flexibility index (Phi) is 9.98. The van der Waals surface area contributed by atoms with Crippen LogP contribution in [0.3, 0.4) is 0 Å². The molecule has 6 aliphatic carbocycles. The molecule has 14 atom stereocenters. The second-order valence-corrected chi connectivity index (χ2v) is 22.3. The van der Waals surface area contributed by atoms with Gasteiger partial charge in [-0.2, -0.15) is 0 Å². The highest BCUT2D eigenvalue weighted by Crippen LogP contribution is 2.89. The van der Waals surface area contributed by atoms with Crippen LogP contribution in [0.5, 0.6) is 0 Å². The number of hydrogen-bond donors (Lipinski definition) is 2. The number of morpholine rings is 1. The molecule has 0 radical (unpaired) electrons. The molecule has 0 amide bonds. The standard InChI is InChI=1S/C46H79NO6/c1-11-50-39(42(7,8)49)31-26-29(2)36-37(52-31)38(48)44(10)33-19-18-32-40(3,4)34(20-21-45(32)28-46(33,45)23-22-43(36,44)9)53-35-27-47(24-25-51-35)41(5,6)30-16-14-12-13-15-17-30/h29-39,48-49H,11-28H2,1-10H3. The molecule has 2 aliphatic heterocycles. The van der Waals surface area contributed by atoms with Gasteiger partial charge in [-0.15, -0.1) is 0 Å². The molecule has 0 aromatic carbocycles. The van der Waals surface area contributed by atoms with E-state index in [0.29, 0.717) is 41.1 Å². The largest absolute Gasteiger partial charge is 0.390 e. The molecule has 304 valence electrons. The van der Waals surface area contributed by atoms with Crippen LogP contribution in [0.15, 0.2) is 0 Å². The summed E-state index contributed by atoms with van der Waals surface area (Å²) in [6.07, 6.45) is 16.4. The molecule has 2 saturated heterocycles. The van der Waals surface area contributed by atoms with Crippen LogP contribution in [0.2, 0.25) is 0 Å². The van der Waals surface area contributed by atoms with Crippen molar-refractivity contribution in [2.24, 2.45) is 56.7 Å². The van der Waals surface area contributed by atoms with Crippen LogP contribution >= 0.6 is 0 Å². The van der Waals surface area contributed by atoms with E-state index in [0.717, 1.165) is 38.5 Å². The second kappa shape index (κ2) is 13.4. The Bertz CT molecular complexity index is 1340. The van der Waals surface area contributed by atoms with Crippen molar-refractivity contribution in [1.29, 1.82) is 0 Å². The average molecular weight is 742 g/mol. The van der Waals surface area contributed by atoms with Crippen molar-refractivity contribution in [1.82, 2.24) is 4.90 Å². The van der Waals surface area contributed by atoms with E-state index in [4.69, 9.17) is 18.9 Å². The van der Waals surface area contributed by atoms with E-state index in [-0.39, 0.29) is 46.4 Å². The van der Waals surface area contributed by atoms with E-state index in [2.05, 4.69) is 53.4 Å². The van der Waals surface area contributed by atoms with Gasteiger partial charge in [0.25, 0.3) is 0 Å². The van der Waals surface area contributed by atoms with Crippen LogP contribution in [-0.2, 0) is 18.9 Å². The van der Waals surface area contributed by atoms with Crippen LogP contribution in [0.4, 0.5) is 0 Å². The lowest BCUT2D eigenvalue weighted by atomic mass is 9.41. The van der Waals surface area contributed by atoms with Crippen molar-refractivity contribution in [3.63, 3.8) is 0 Å². The average Bonchev–Trinajstić information content (AvgIpc) is 3.81. The van der Waals surface area contributed by atoms with Gasteiger partial charge < -0.3 is 29.2 Å². The van der Waals surface area contributed by atoms with Crippen LogP contribution in [0.25, 0.3) is 0 Å². The minimum absolute atomic E-state index is 0.0222. The number of nitrogens with zero attached hydrogens (tertiary/aromatic N) is 1. The number of hydrogen-bond acceptors (Lipinski definition) is 7. The third kappa shape index (κ3) is 5.70. The highest BCUT2D eigenvalue weighted by Gasteiger charge is 2.84. The summed E-state index contributed by atoms with van der Waals surface area (Å²) in [6, 6.07) is 0. The maximum Gasteiger partial charge on any atom is 0.170 e. The lowest BCUT2D eigenvalue weighted by Crippen LogP contribution is -2.61. The van der Waals surface area contributed by atoms with E-state index in [1.54, 1.807) is 0 Å². The fraction of sp³-hybridized carbons (Fsp3) is 1.00. The molecule has 8 aliphatic rings. The molecule has 2 spiro atoms. The van der Waals surface area contributed by atoms with Crippen molar-refractivity contribution in [2.45, 2.75) is 207 Å². The molecule has 2 heterocycles. The summed E-state index contributed by atoms with van der Waals surface area (Å²) in [5.41, 5.74) is -0.264. The summed E-state index contributed by atoms with van der Waals surface area (Å²) in [7, 11) is 0. The lowest BCUT2D eigenvalue weighted by molar-refractivity contribution is -0.255. The minimum atomic E-state index is -1.01. The van der Waals surface area contributed by atoms with Gasteiger partial charge in [0, 0.05) is 24.1 Å². The quantitative estimate of drug-likeness (QED) is 0.241. The van der Waals surface area contributed by atoms with Gasteiger partial charge in [0.05, 0.1) is 43.2 Å². The van der Waals surface area contributed by atoms with Crippen molar-refractivity contribution in [3.05, 3.63) is 0 Å². The zero-order valence-electron chi connectivity index (χ0n) is 35.6. The molecular weight excluding hydrogens is 663 g/mol. The summed E-state index contributed by atoms with van der Waals surface area (Å²) < 4.78 is 26.8. The number of aliphatic hydroxyl groups excluding tert-OH is 1. The Labute approximate surface area is 323 Å². The first-order chi connectivity index (χ1) is 24.9. The summed E-state index contributed by atoms with van der Waals surface area (Å²) >= 11 is 0. The minimum Gasteiger partial charge on any atom is -0.390 e. The maximum absolute atomic E-state index is 12.7. The molecule has 7 nitrogen and oxygen atoms in total. The molecule has 7 heteroatoms. The smallest absolute Gasteiger partial charge is 0.170 e. The fourth-order valence-electron chi connectivity index (χ4n) is 16.3. The molecule has 0 bridgehead atoms. The first-order valence-electron chi connectivity index (χ1n) is 22.6. The molecule has 8 fully saturated rings. The lowest BCUT2D eigenvalue weighted by Gasteiger charge is -2.64. The molecule has 6 saturated carbocycles. The Morgan fingerprint density at radius 2 is 1.57 bits per heavy atom. The SMILES string of the molecule is CCOC(C1CC(C)C2C(O1)C(O)C1(C)C3CCC4C(C)(C)C(OC5CN(C(C)(C)C6CCCCCC6)CCO5)CCC45CC35CCC21C)C(C)(C)O. The highest BCUT2D eigenvalue weighted by atomic mass is 16.7. The Morgan fingerprint density at radius 3 is 2.25 bits per heavy atom. The van der Waals surface area contributed by atoms with Gasteiger partial charge in [-0.05, 0) is 150 Å². The van der Waals surface area contributed by atoms with E-state index in [1.165, 1.54) is 77.0 Å². The van der Waals surface area contributed by atoms with Crippen LogP contribution in [0.1, 0.15) is 159 Å². The second-order valence-electron chi connectivity index (χ2n) is 22.3.